The van der Waals surface area contributed by atoms with E-state index in [0.717, 1.165) is 49.9 Å². The molecule has 0 saturated heterocycles. The molecule has 0 atom stereocenters. The Morgan fingerprint density at radius 2 is 1.77 bits per heavy atom. The van der Waals surface area contributed by atoms with E-state index in [-0.39, 0.29) is 5.82 Å². The smallest absolute Gasteiger partial charge is 0.131 e. The van der Waals surface area contributed by atoms with Crippen LogP contribution in [0.5, 0.6) is 0 Å². The number of H-pyrrole nitrogens is 2. The van der Waals surface area contributed by atoms with E-state index >= 15 is 0 Å². The minimum Gasteiger partial charge on any atom is -0.352 e. The molecular formula is C24H17FN6. The maximum Gasteiger partial charge on any atom is 0.131 e. The van der Waals surface area contributed by atoms with Crippen LogP contribution in [0.3, 0.4) is 0 Å². The number of hydrogen-bond donors (Lipinski definition) is 2. The molecule has 0 saturated carbocycles. The highest BCUT2D eigenvalue weighted by molar-refractivity contribution is 6.01. The molecule has 6 rings (SSSR count). The quantitative estimate of drug-likeness (QED) is 0.417. The molecule has 6 aromatic rings. The van der Waals surface area contributed by atoms with Gasteiger partial charge >= 0.3 is 0 Å². The third kappa shape index (κ3) is 2.82. The molecule has 0 aliphatic heterocycles. The second-order valence-corrected chi connectivity index (χ2v) is 7.55. The molecule has 4 heterocycles. The van der Waals surface area contributed by atoms with Crippen LogP contribution in [-0.2, 0) is 7.05 Å². The number of fused-ring (bicyclic) bond motifs is 2. The van der Waals surface area contributed by atoms with Gasteiger partial charge in [0.05, 0.1) is 29.1 Å². The highest BCUT2D eigenvalue weighted by Crippen LogP contribution is 2.35. The Labute approximate surface area is 176 Å². The first-order chi connectivity index (χ1) is 15.2. The zero-order valence-corrected chi connectivity index (χ0v) is 16.6. The summed E-state index contributed by atoms with van der Waals surface area (Å²) >= 11 is 0. The second-order valence-electron chi connectivity index (χ2n) is 7.55. The van der Waals surface area contributed by atoms with Gasteiger partial charge in [0.25, 0.3) is 0 Å². The lowest BCUT2D eigenvalue weighted by Crippen LogP contribution is -1.85. The van der Waals surface area contributed by atoms with Crippen LogP contribution in [0.25, 0.3) is 55.4 Å². The van der Waals surface area contributed by atoms with Crippen molar-refractivity contribution in [3.8, 4) is 33.6 Å². The van der Waals surface area contributed by atoms with Crippen molar-refractivity contribution in [3.05, 3.63) is 79.1 Å². The molecule has 2 N–H and O–H groups in total. The molecule has 6 nitrogen and oxygen atoms in total. The first kappa shape index (κ1) is 17.6. The Kier molecular flexibility index (Phi) is 3.76. The molecule has 0 aliphatic rings. The summed E-state index contributed by atoms with van der Waals surface area (Å²) in [5.74, 6) is -0.272. The first-order valence-electron chi connectivity index (χ1n) is 9.86. The Balaban J connectivity index is 1.52. The fourth-order valence-electron chi connectivity index (χ4n) is 4.04. The number of aromatic amines is 2. The lowest BCUT2D eigenvalue weighted by atomic mass is 10.0. The van der Waals surface area contributed by atoms with E-state index in [1.807, 2.05) is 43.7 Å². The predicted octanol–water partition coefficient (Wildman–Crippen LogP) is 5.31. The molecule has 0 spiro atoms. The molecule has 0 bridgehead atoms. The SMILES string of the molecule is Cn1cc(-c2ccc3[nH]nc(-c4cc5c(-c6ccccc6F)cncc5[nH]4)c3c2)cn1. The molecule has 0 unspecified atom stereocenters. The summed E-state index contributed by atoms with van der Waals surface area (Å²) in [6.07, 6.45) is 7.27. The minimum absolute atomic E-state index is 0.272. The highest BCUT2D eigenvalue weighted by atomic mass is 19.1. The Morgan fingerprint density at radius 3 is 2.61 bits per heavy atom. The number of aryl methyl sites for hydroxylation is 1. The topological polar surface area (TPSA) is 75.2 Å². The van der Waals surface area contributed by atoms with Crippen LogP contribution in [0, 0.1) is 5.82 Å². The van der Waals surface area contributed by atoms with Gasteiger partial charge in [-0.05, 0) is 29.8 Å². The molecule has 31 heavy (non-hydrogen) atoms. The molecule has 0 aliphatic carbocycles. The van der Waals surface area contributed by atoms with Gasteiger partial charge in [-0.25, -0.2) is 4.39 Å². The van der Waals surface area contributed by atoms with Gasteiger partial charge in [0.2, 0.25) is 0 Å². The standard InChI is InChI=1S/C24H17FN6/c1-31-13-15(10-27-31)14-6-7-21-18(8-14)24(30-29-21)22-9-17-19(11-26-12-23(17)28-22)16-4-2-3-5-20(16)25/h2-13,28H,1H3,(H,29,30). The van der Waals surface area contributed by atoms with Crippen molar-refractivity contribution in [2.24, 2.45) is 7.05 Å². The molecule has 0 fully saturated rings. The van der Waals surface area contributed by atoms with Crippen LogP contribution in [0.2, 0.25) is 0 Å². The van der Waals surface area contributed by atoms with Gasteiger partial charge in [-0.15, -0.1) is 0 Å². The summed E-state index contributed by atoms with van der Waals surface area (Å²) < 4.78 is 16.2. The molecular weight excluding hydrogens is 391 g/mol. The van der Waals surface area contributed by atoms with Crippen molar-refractivity contribution >= 4 is 21.8 Å². The summed E-state index contributed by atoms with van der Waals surface area (Å²) in [5.41, 5.74) is 6.79. The van der Waals surface area contributed by atoms with Crippen molar-refractivity contribution in [2.45, 2.75) is 0 Å². The number of rotatable bonds is 3. The molecule has 2 aromatic carbocycles. The third-order valence-electron chi connectivity index (χ3n) is 5.57. The van der Waals surface area contributed by atoms with Crippen molar-refractivity contribution in [1.29, 1.82) is 0 Å². The van der Waals surface area contributed by atoms with Crippen LogP contribution in [-0.4, -0.2) is 29.9 Å². The fraction of sp³-hybridized carbons (Fsp3) is 0.0417. The second kappa shape index (κ2) is 6.63. The number of benzene rings is 2. The van der Waals surface area contributed by atoms with Gasteiger partial charge in [0.15, 0.2) is 0 Å². The predicted molar refractivity (Wildman–Crippen MR) is 119 cm³/mol. The van der Waals surface area contributed by atoms with E-state index in [2.05, 4.69) is 31.3 Å². The number of hydrogen-bond acceptors (Lipinski definition) is 3. The van der Waals surface area contributed by atoms with Gasteiger partial charge in [-0.2, -0.15) is 10.2 Å². The molecule has 150 valence electrons. The summed E-state index contributed by atoms with van der Waals surface area (Å²) in [6, 6.07) is 14.9. The van der Waals surface area contributed by atoms with Gasteiger partial charge in [0.1, 0.15) is 11.5 Å². The van der Waals surface area contributed by atoms with E-state index in [0.29, 0.717) is 5.56 Å². The van der Waals surface area contributed by atoms with Crippen LogP contribution in [0.1, 0.15) is 0 Å². The van der Waals surface area contributed by atoms with E-state index in [9.17, 15) is 4.39 Å². The Bertz CT molecular complexity index is 1570. The Hall–Kier alpha value is -4.26. The molecule has 4 aromatic heterocycles. The van der Waals surface area contributed by atoms with Crippen molar-refractivity contribution in [2.75, 3.05) is 0 Å². The average molecular weight is 408 g/mol. The maximum atomic E-state index is 14.4. The zero-order valence-electron chi connectivity index (χ0n) is 16.6. The van der Waals surface area contributed by atoms with Crippen molar-refractivity contribution in [3.63, 3.8) is 0 Å². The lowest BCUT2D eigenvalue weighted by Gasteiger charge is -2.03. The van der Waals surface area contributed by atoms with Gasteiger partial charge in [0, 0.05) is 46.9 Å². The lowest BCUT2D eigenvalue weighted by molar-refractivity contribution is 0.631. The van der Waals surface area contributed by atoms with Gasteiger partial charge in [-0.1, -0.05) is 24.3 Å². The summed E-state index contributed by atoms with van der Waals surface area (Å²) in [4.78, 5) is 7.71. The third-order valence-corrected chi connectivity index (χ3v) is 5.57. The summed E-state index contributed by atoms with van der Waals surface area (Å²) in [5, 5.41) is 13.8. The van der Waals surface area contributed by atoms with E-state index in [1.54, 1.807) is 29.2 Å². The van der Waals surface area contributed by atoms with Crippen LogP contribution in [0.15, 0.2) is 73.3 Å². The number of nitrogens with one attached hydrogen (secondary N) is 2. The normalized spacial score (nSPS) is 11.5. The van der Waals surface area contributed by atoms with Crippen molar-refractivity contribution in [1.82, 2.24) is 29.9 Å². The molecule has 0 radical (unpaired) electrons. The number of pyridine rings is 1. The van der Waals surface area contributed by atoms with Crippen LogP contribution >= 0.6 is 0 Å². The van der Waals surface area contributed by atoms with E-state index in [4.69, 9.17) is 0 Å². The summed E-state index contributed by atoms with van der Waals surface area (Å²) in [6.45, 7) is 0. The fourth-order valence-corrected chi connectivity index (χ4v) is 4.04. The molecule has 7 heteroatoms. The highest BCUT2D eigenvalue weighted by Gasteiger charge is 2.16. The monoisotopic (exact) mass is 408 g/mol. The zero-order chi connectivity index (χ0) is 20.9. The van der Waals surface area contributed by atoms with Crippen LogP contribution in [0.4, 0.5) is 4.39 Å². The number of aromatic nitrogens is 6. The Morgan fingerprint density at radius 1 is 0.871 bits per heavy atom. The van der Waals surface area contributed by atoms with Crippen LogP contribution < -0.4 is 0 Å². The average Bonchev–Trinajstić information content (AvgIpc) is 3.50. The number of nitrogens with zero attached hydrogens (tertiary/aromatic N) is 4. The summed E-state index contributed by atoms with van der Waals surface area (Å²) in [7, 11) is 1.90. The van der Waals surface area contributed by atoms with E-state index < -0.39 is 0 Å². The largest absolute Gasteiger partial charge is 0.352 e. The van der Waals surface area contributed by atoms with E-state index in [1.165, 1.54) is 6.07 Å². The minimum atomic E-state index is -0.272. The molecule has 0 amide bonds. The maximum absolute atomic E-state index is 14.4. The van der Waals surface area contributed by atoms with Gasteiger partial charge < -0.3 is 4.98 Å². The number of halogens is 1. The van der Waals surface area contributed by atoms with Gasteiger partial charge in [-0.3, -0.25) is 14.8 Å². The van der Waals surface area contributed by atoms with Crippen molar-refractivity contribution < 1.29 is 4.39 Å². The first-order valence-corrected chi connectivity index (χ1v) is 9.86.